The van der Waals surface area contributed by atoms with E-state index in [2.05, 4.69) is 81.5 Å². The predicted molar refractivity (Wildman–Crippen MR) is 215 cm³/mol. The molecule has 0 aromatic carbocycles. The molecule has 0 bridgehead atoms. The van der Waals surface area contributed by atoms with Crippen LogP contribution >= 0.6 is 0 Å². The Hall–Kier alpha value is -2.89. The molecule has 0 aromatic heterocycles. The first kappa shape index (κ1) is 48.1. The molecule has 0 aliphatic heterocycles. The average molecular weight is 713 g/mol. The average Bonchev–Trinajstić information content (AvgIpc) is 3.12. The molecule has 0 spiro atoms. The zero-order chi connectivity index (χ0) is 37.3. The van der Waals surface area contributed by atoms with Crippen LogP contribution in [0.1, 0.15) is 188 Å². The Bertz CT molecular complexity index is 960. The zero-order valence-corrected chi connectivity index (χ0v) is 33.1. The van der Waals surface area contributed by atoms with E-state index in [0.717, 1.165) is 89.9 Å². The molecule has 6 nitrogen and oxygen atoms in total. The molecule has 0 radical (unpaired) electrons. The lowest BCUT2D eigenvalue weighted by Crippen LogP contribution is -2.30. The Balaban J connectivity index is 4.46. The van der Waals surface area contributed by atoms with E-state index in [1.54, 1.807) is 0 Å². The summed E-state index contributed by atoms with van der Waals surface area (Å²) >= 11 is 0. The molecule has 0 amide bonds. The molecule has 0 aromatic rings. The van der Waals surface area contributed by atoms with Gasteiger partial charge in [0, 0.05) is 19.3 Å². The molecule has 0 rings (SSSR count). The minimum atomic E-state index is -0.796. The Morgan fingerprint density at radius 2 is 0.765 bits per heavy atom. The first-order valence-corrected chi connectivity index (χ1v) is 20.8. The van der Waals surface area contributed by atoms with Gasteiger partial charge in [0.1, 0.15) is 13.2 Å². The van der Waals surface area contributed by atoms with E-state index in [4.69, 9.17) is 14.2 Å². The lowest BCUT2D eigenvalue weighted by atomic mass is 10.0. The van der Waals surface area contributed by atoms with Crippen LogP contribution in [0.2, 0.25) is 0 Å². The third kappa shape index (κ3) is 38.2. The molecular weight excluding hydrogens is 636 g/mol. The standard InChI is InChI=1S/C45H76O6/c1-4-7-10-13-16-19-21-23-26-29-32-35-38-44(47)50-41-42(40-49-43(46)37-34-31-28-25-18-15-12-9-6-3)51-45(48)39-36-33-30-27-24-22-20-17-14-11-8-5-2/h7,9-10,12,16,18-19,23,25-26,42H,4-6,8,11,13-15,17,20-22,24,27-41H2,1-3H3/b10-7-,12-9-,19-16-,25-18-,26-23-. The number of allylic oxidation sites excluding steroid dienone is 10. The number of hydrogen-bond acceptors (Lipinski definition) is 6. The van der Waals surface area contributed by atoms with Gasteiger partial charge in [-0.15, -0.1) is 0 Å². The summed E-state index contributed by atoms with van der Waals surface area (Å²) in [5.41, 5.74) is 0. The predicted octanol–water partition coefficient (Wildman–Crippen LogP) is 13.0. The van der Waals surface area contributed by atoms with Gasteiger partial charge in [0.25, 0.3) is 0 Å². The van der Waals surface area contributed by atoms with Crippen molar-refractivity contribution in [3.05, 3.63) is 60.8 Å². The second kappa shape index (κ2) is 39.9. The van der Waals surface area contributed by atoms with Crippen molar-refractivity contribution in [1.82, 2.24) is 0 Å². The lowest BCUT2D eigenvalue weighted by Gasteiger charge is -2.18. The number of hydrogen-bond donors (Lipinski definition) is 0. The van der Waals surface area contributed by atoms with Crippen molar-refractivity contribution in [1.29, 1.82) is 0 Å². The maximum atomic E-state index is 12.7. The minimum absolute atomic E-state index is 0.103. The van der Waals surface area contributed by atoms with Crippen molar-refractivity contribution >= 4 is 17.9 Å². The molecule has 0 aliphatic carbocycles. The van der Waals surface area contributed by atoms with Crippen molar-refractivity contribution in [2.45, 2.75) is 194 Å². The second-order valence-electron chi connectivity index (χ2n) is 13.5. The Kier molecular flexibility index (Phi) is 37.6. The van der Waals surface area contributed by atoms with E-state index >= 15 is 0 Å². The molecule has 0 saturated heterocycles. The SMILES string of the molecule is CC/C=C\C/C=C\C/C=C\CCCCC(=O)OCC(COC(=O)CCCC/C=C\C/C=C\CC)OC(=O)CCCCCCCCCCCCCC. The van der Waals surface area contributed by atoms with E-state index in [1.807, 2.05) is 0 Å². The highest BCUT2D eigenvalue weighted by Crippen LogP contribution is 2.13. The van der Waals surface area contributed by atoms with Crippen LogP contribution in [0, 0.1) is 0 Å². The number of rotatable bonds is 36. The molecule has 0 heterocycles. The van der Waals surface area contributed by atoms with Crippen LogP contribution in [0.4, 0.5) is 0 Å². The van der Waals surface area contributed by atoms with Crippen LogP contribution in [0.3, 0.4) is 0 Å². The van der Waals surface area contributed by atoms with Crippen LogP contribution in [0.25, 0.3) is 0 Å². The Morgan fingerprint density at radius 1 is 0.412 bits per heavy atom. The van der Waals surface area contributed by atoms with E-state index in [0.29, 0.717) is 19.3 Å². The third-order valence-electron chi connectivity index (χ3n) is 8.52. The summed E-state index contributed by atoms with van der Waals surface area (Å²) in [5, 5.41) is 0. The molecule has 6 heteroatoms. The fourth-order valence-corrected chi connectivity index (χ4v) is 5.43. The number of carbonyl (C=O) groups excluding carboxylic acids is 3. The summed E-state index contributed by atoms with van der Waals surface area (Å²) in [6.45, 7) is 6.30. The number of unbranched alkanes of at least 4 members (excludes halogenated alkanes) is 15. The summed E-state index contributed by atoms with van der Waals surface area (Å²) in [5.74, 6) is -0.984. The monoisotopic (exact) mass is 713 g/mol. The summed E-state index contributed by atoms with van der Waals surface area (Å²) < 4.78 is 16.6. The fraction of sp³-hybridized carbons (Fsp3) is 0.711. The van der Waals surface area contributed by atoms with Gasteiger partial charge in [-0.2, -0.15) is 0 Å². The number of ether oxygens (including phenoxy) is 3. The first-order chi connectivity index (χ1) is 25.0. The fourth-order valence-electron chi connectivity index (χ4n) is 5.43. The van der Waals surface area contributed by atoms with Gasteiger partial charge in [-0.05, 0) is 77.0 Å². The van der Waals surface area contributed by atoms with Crippen LogP contribution in [-0.2, 0) is 28.6 Å². The van der Waals surface area contributed by atoms with Gasteiger partial charge >= 0.3 is 17.9 Å². The molecule has 1 unspecified atom stereocenters. The molecular formula is C45H76O6. The van der Waals surface area contributed by atoms with Gasteiger partial charge in [0.2, 0.25) is 0 Å². The summed E-state index contributed by atoms with van der Waals surface area (Å²) in [6.07, 6.45) is 46.5. The van der Waals surface area contributed by atoms with Crippen molar-refractivity contribution in [3.8, 4) is 0 Å². The van der Waals surface area contributed by atoms with E-state index < -0.39 is 6.10 Å². The molecule has 1 atom stereocenters. The van der Waals surface area contributed by atoms with Crippen molar-refractivity contribution < 1.29 is 28.6 Å². The van der Waals surface area contributed by atoms with Crippen LogP contribution in [-0.4, -0.2) is 37.2 Å². The Morgan fingerprint density at radius 3 is 1.20 bits per heavy atom. The van der Waals surface area contributed by atoms with Gasteiger partial charge in [0.05, 0.1) is 0 Å². The van der Waals surface area contributed by atoms with E-state index in [-0.39, 0.29) is 31.1 Å². The molecule has 0 saturated carbocycles. The third-order valence-corrected chi connectivity index (χ3v) is 8.52. The number of carbonyl (C=O) groups is 3. The highest BCUT2D eigenvalue weighted by Gasteiger charge is 2.19. The first-order valence-electron chi connectivity index (χ1n) is 20.8. The topological polar surface area (TPSA) is 78.9 Å². The maximum absolute atomic E-state index is 12.7. The van der Waals surface area contributed by atoms with Gasteiger partial charge in [0.15, 0.2) is 6.10 Å². The summed E-state index contributed by atoms with van der Waals surface area (Å²) in [7, 11) is 0. The number of esters is 3. The van der Waals surface area contributed by atoms with Crippen LogP contribution in [0.5, 0.6) is 0 Å². The van der Waals surface area contributed by atoms with Crippen molar-refractivity contribution in [3.63, 3.8) is 0 Å². The van der Waals surface area contributed by atoms with Gasteiger partial charge in [-0.25, -0.2) is 0 Å². The molecule has 0 N–H and O–H groups in total. The van der Waals surface area contributed by atoms with Crippen LogP contribution < -0.4 is 0 Å². The Labute approximate surface area is 313 Å². The smallest absolute Gasteiger partial charge is 0.306 e. The molecule has 51 heavy (non-hydrogen) atoms. The van der Waals surface area contributed by atoms with Crippen molar-refractivity contribution in [2.75, 3.05) is 13.2 Å². The zero-order valence-electron chi connectivity index (χ0n) is 33.1. The maximum Gasteiger partial charge on any atom is 0.306 e. The minimum Gasteiger partial charge on any atom is -0.462 e. The molecule has 0 fully saturated rings. The quantitative estimate of drug-likeness (QED) is 0.0278. The lowest BCUT2D eigenvalue weighted by molar-refractivity contribution is -0.167. The highest BCUT2D eigenvalue weighted by molar-refractivity contribution is 5.71. The summed E-state index contributed by atoms with van der Waals surface area (Å²) in [6, 6.07) is 0. The van der Waals surface area contributed by atoms with E-state index in [1.165, 1.54) is 57.8 Å². The highest BCUT2D eigenvalue weighted by atomic mass is 16.6. The van der Waals surface area contributed by atoms with Crippen LogP contribution in [0.15, 0.2) is 60.8 Å². The second-order valence-corrected chi connectivity index (χ2v) is 13.5. The largest absolute Gasteiger partial charge is 0.462 e. The van der Waals surface area contributed by atoms with Gasteiger partial charge in [-0.1, -0.05) is 152 Å². The molecule has 0 aliphatic rings. The summed E-state index contributed by atoms with van der Waals surface area (Å²) in [4.78, 5) is 37.5. The normalized spacial score (nSPS) is 12.6. The molecule has 292 valence electrons. The van der Waals surface area contributed by atoms with Gasteiger partial charge < -0.3 is 14.2 Å². The van der Waals surface area contributed by atoms with Crippen molar-refractivity contribution in [2.24, 2.45) is 0 Å². The van der Waals surface area contributed by atoms with Gasteiger partial charge in [-0.3, -0.25) is 14.4 Å². The van der Waals surface area contributed by atoms with E-state index in [9.17, 15) is 14.4 Å².